The van der Waals surface area contributed by atoms with Crippen LogP contribution in [0.3, 0.4) is 0 Å². The van der Waals surface area contributed by atoms with Crippen LogP contribution < -0.4 is 5.32 Å². The number of hydrogen-bond acceptors (Lipinski definition) is 5. The molecule has 0 aliphatic carbocycles. The summed E-state index contributed by atoms with van der Waals surface area (Å²) < 4.78 is 5.49. The fraction of sp³-hybridized carbons (Fsp3) is 0.915. The summed E-state index contributed by atoms with van der Waals surface area (Å²) in [6.07, 6.45) is 83.7. The van der Waals surface area contributed by atoms with Crippen molar-refractivity contribution in [3.63, 3.8) is 0 Å². The van der Waals surface area contributed by atoms with E-state index in [0.717, 1.165) is 51.4 Å². The first-order valence-electron chi connectivity index (χ1n) is 35.1. The number of amides is 1. The molecule has 0 aromatic heterocycles. The minimum atomic E-state index is -0.661. The molecular weight excluding hydrogens is 947 g/mol. The lowest BCUT2D eigenvalue weighted by molar-refractivity contribution is -0.143. The van der Waals surface area contributed by atoms with Crippen LogP contribution in [0.25, 0.3) is 0 Å². The Bertz CT molecular complexity index is 1200. The SMILES string of the molecule is CCCCC/C=C\C/C=C\CCCCCCCC(=O)OCCCCCCCCCCCCCCCCCCCCCCCCCCCCCCCC(=O)NC(CO)C(O)CCCCCCCCCCCCCCCCCC. The number of carbonyl (C=O) groups excluding carboxylic acids is 2. The van der Waals surface area contributed by atoms with Gasteiger partial charge in [0.2, 0.25) is 5.91 Å². The van der Waals surface area contributed by atoms with Gasteiger partial charge in [0, 0.05) is 12.8 Å². The maximum Gasteiger partial charge on any atom is 0.305 e. The topological polar surface area (TPSA) is 95.9 Å². The van der Waals surface area contributed by atoms with Gasteiger partial charge in [-0.05, 0) is 57.8 Å². The first-order valence-corrected chi connectivity index (χ1v) is 35.1. The van der Waals surface area contributed by atoms with Crippen molar-refractivity contribution in [3.8, 4) is 0 Å². The molecule has 1 amide bonds. The molecule has 2 unspecified atom stereocenters. The Balaban J connectivity index is 3.33. The third kappa shape index (κ3) is 63.4. The van der Waals surface area contributed by atoms with E-state index in [1.54, 1.807) is 0 Å². The molecule has 0 bridgehead atoms. The van der Waals surface area contributed by atoms with E-state index in [-0.39, 0.29) is 18.5 Å². The van der Waals surface area contributed by atoms with Gasteiger partial charge in [0.1, 0.15) is 0 Å². The van der Waals surface area contributed by atoms with Crippen molar-refractivity contribution >= 4 is 11.9 Å². The molecule has 0 saturated carbocycles. The fourth-order valence-corrected chi connectivity index (χ4v) is 11.1. The highest BCUT2D eigenvalue weighted by Crippen LogP contribution is 2.19. The van der Waals surface area contributed by atoms with Crippen molar-refractivity contribution in [2.75, 3.05) is 13.2 Å². The smallest absolute Gasteiger partial charge is 0.305 e. The van der Waals surface area contributed by atoms with Gasteiger partial charge in [0.05, 0.1) is 25.4 Å². The minimum absolute atomic E-state index is 0.00605. The Morgan fingerprint density at radius 1 is 0.364 bits per heavy atom. The standard InChI is InChI=1S/C71H137NO5/c1-3-5-7-9-11-13-15-17-19-36-39-43-47-51-55-59-63-69(74)68(67-73)72-70(75)64-60-56-52-48-44-40-37-33-31-29-27-25-23-21-20-22-24-26-28-30-32-34-38-42-46-50-54-58-62-66-77-71(76)65-61-57-53-49-45-41-35-18-16-14-12-10-8-6-4-2/h12,14,18,35,68-69,73-74H,3-11,13,15-17,19-34,36-67H2,1-2H3,(H,72,75)/b14-12-,35-18-. The van der Waals surface area contributed by atoms with Crippen LogP contribution >= 0.6 is 0 Å². The number of hydrogen-bond donors (Lipinski definition) is 3. The molecule has 3 N–H and O–H groups in total. The molecule has 0 aromatic rings. The lowest BCUT2D eigenvalue weighted by Crippen LogP contribution is -2.45. The van der Waals surface area contributed by atoms with Crippen LogP contribution in [0.5, 0.6) is 0 Å². The summed E-state index contributed by atoms with van der Waals surface area (Å²) >= 11 is 0. The van der Waals surface area contributed by atoms with Crippen molar-refractivity contribution in [2.24, 2.45) is 0 Å². The monoisotopic (exact) mass is 1080 g/mol. The number of unbranched alkanes of at least 4 members (excludes halogenated alkanes) is 51. The van der Waals surface area contributed by atoms with Crippen LogP contribution in [0.15, 0.2) is 24.3 Å². The molecule has 0 aliphatic rings. The number of carbonyl (C=O) groups is 2. The van der Waals surface area contributed by atoms with E-state index in [9.17, 15) is 19.8 Å². The zero-order valence-electron chi connectivity index (χ0n) is 52.2. The predicted octanol–water partition coefficient (Wildman–Crippen LogP) is 22.5. The molecule has 0 heterocycles. The zero-order chi connectivity index (χ0) is 55.7. The average Bonchev–Trinajstić information content (AvgIpc) is 3.43. The van der Waals surface area contributed by atoms with Crippen LogP contribution in [0.1, 0.15) is 393 Å². The summed E-state index contributed by atoms with van der Waals surface area (Å²) in [6, 6.07) is -0.538. The number of allylic oxidation sites excluding steroid dienone is 4. The molecule has 2 atom stereocenters. The number of aliphatic hydroxyl groups is 2. The highest BCUT2D eigenvalue weighted by atomic mass is 16.5. The molecule has 0 aromatic carbocycles. The molecule has 0 saturated heterocycles. The molecule has 0 spiro atoms. The van der Waals surface area contributed by atoms with E-state index in [2.05, 4.69) is 43.5 Å². The predicted molar refractivity (Wildman–Crippen MR) is 338 cm³/mol. The lowest BCUT2D eigenvalue weighted by atomic mass is 10.0. The molecule has 77 heavy (non-hydrogen) atoms. The average molecular weight is 1080 g/mol. The second-order valence-electron chi connectivity index (χ2n) is 24.2. The van der Waals surface area contributed by atoms with Crippen LogP contribution in [-0.4, -0.2) is 47.4 Å². The van der Waals surface area contributed by atoms with Gasteiger partial charge in [-0.15, -0.1) is 0 Å². The van der Waals surface area contributed by atoms with Gasteiger partial charge in [0.25, 0.3) is 0 Å². The van der Waals surface area contributed by atoms with Gasteiger partial charge in [0.15, 0.2) is 0 Å². The Labute approximate surface area is 481 Å². The number of esters is 1. The normalized spacial score (nSPS) is 12.6. The first-order chi connectivity index (χ1) is 38.0. The van der Waals surface area contributed by atoms with E-state index in [1.807, 2.05) is 0 Å². The summed E-state index contributed by atoms with van der Waals surface area (Å²) in [5.41, 5.74) is 0. The Morgan fingerprint density at radius 2 is 0.649 bits per heavy atom. The van der Waals surface area contributed by atoms with Gasteiger partial charge >= 0.3 is 5.97 Å². The maximum atomic E-state index is 12.5. The van der Waals surface area contributed by atoms with Gasteiger partial charge in [-0.3, -0.25) is 9.59 Å². The first kappa shape index (κ1) is 75.3. The molecule has 0 rings (SSSR count). The van der Waals surface area contributed by atoms with Crippen LogP contribution in [0.2, 0.25) is 0 Å². The summed E-state index contributed by atoms with van der Waals surface area (Å²) in [4.78, 5) is 24.6. The Morgan fingerprint density at radius 3 is 1.01 bits per heavy atom. The number of aliphatic hydroxyl groups excluding tert-OH is 2. The second kappa shape index (κ2) is 66.8. The molecular formula is C71H137NO5. The van der Waals surface area contributed by atoms with E-state index in [4.69, 9.17) is 4.74 Å². The summed E-state index contributed by atoms with van der Waals surface area (Å²) in [5.74, 6) is -0.0222. The Kier molecular flexibility index (Phi) is 65.4. The van der Waals surface area contributed by atoms with E-state index in [1.165, 1.54) is 308 Å². The second-order valence-corrected chi connectivity index (χ2v) is 24.2. The van der Waals surface area contributed by atoms with Crippen molar-refractivity contribution in [1.29, 1.82) is 0 Å². The van der Waals surface area contributed by atoms with Crippen molar-refractivity contribution < 1.29 is 24.5 Å². The van der Waals surface area contributed by atoms with Gasteiger partial charge in [-0.1, -0.05) is 346 Å². The number of nitrogens with one attached hydrogen (secondary N) is 1. The van der Waals surface area contributed by atoms with E-state index >= 15 is 0 Å². The highest BCUT2D eigenvalue weighted by Gasteiger charge is 2.20. The molecule has 0 radical (unpaired) electrons. The Hall–Kier alpha value is -1.66. The summed E-state index contributed by atoms with van der Waals surface area (Å²) in [5, 5.41) is 23.4. The van der Waals surface area contributed by atoms with Gasteiger partial charge < -0.3 is 20.3 Å². The molecule has 6 nitrogen and oxygen atoms in total. The van der Waals surface area contributed by atoms with Crippen LogP contribution in [0, 0.1) is 0 Å². The van der Waals surface area contributed by atoms with E-state index in [0.29, 0.717) is 25.9 Å². The summed E-state index contributed by atoms with van der Waals surface area (Å²) in [6.45, 7) is 4.96. The zero-order valence-corrected chi connectivity index (χ0v) is 52.2. The third-order valence-corrected chi connectivity index (χ3v) is 16.5. The fourth-order valence-electron chi connectivity index (χ4n) is 11.1. The van der Waals surface area contributed by atoms with Crippen molar-refractivity contribution in [1.82, 2.24) is 5.32 Å². The number of ether oxygens (including phenoxy) is 1. The quantitative estimate of drug-likeness (QED) is 0.0320. The van der Waals surface area contributed by atoms with E-state index < -0.39 is 12.1 Å². The van der Waals surface area contributed by atoms with Gasteiger partial charge in [-0.2, -0.15) is 0 Å². The highest BCUT2D eigenvalue weighted by molar-refractivity contribution is 5.76. The van der Waals surface area contributed by atoms with Crippen molar-refractivity contribution in [3.05, 3.63) is 24.3 Å². The molecule has 0 aliphatic heterocycles. The minimum Gasteiger partial charge on any atom is -0.466 e. The maximum absolute atomic E-state index is 12.5. The van der Waals surface area contributed by atoms with Crippen LogP contribution in [-0.2, 0) is 14.3 Å². The van der Waals surface area contributed by atoms with Gasteiger partial charge in [-0.25, -0.2) is 0 Å². The molecule has 6 heteroatoms. The van der Waals surface area contributed by atoms with Crippen molar-refractivity contribution in [2.45, 2.75) is 405 Å². The molecule has 456 valence electrons. The molecule has 0 fully saturated rings. The lowest BCUT2D eigenvalue weighted by Gasteiger charge is -2.22. The third-order valence-electron chi connectivity index (χ3n) is 16.5. The largest absolute Gasteiger partial charge is 0.466 e. The summed E-state index contributed by atoms with van der Waals surface area (Å²) in [7, 11) is 0. The number of rotatable bonds is 66. The van der Waals surface area contributed by atoms with Crippen LogP contribution in [0.4, 0.5) is 0 Å².